The maximum atomic E-state index is 12.7. The summed E-state index contributed by atoms with van der Waals surface area (Å²) in [6.07, 6.45) is 4.89. The predicted octanol–water partition coefficient (Wildman–Crippen LogP) is 2.10. The highest BCUT2D eigenvalue weighted by molar-refractivity contribution is 5.73. The number of hydrogen-bond acceptors (Lipinski definition) is 6. The Morgan fingerprint density at radius 3 is 2.68 bits per heavy atom. The van der Waals surface area contributed by atoms with Crippen LogP contribution in [-0.4, -0.2) is 24.5 Å². The van der Waals surface area contributed by atoms with Crippen molar-refractivity contribution < 1.29 is 0 Å². The lowest BCUT2D eigenvalue weighted by Crippen LogP contribution is -2.35. The smallest absolute Gasteiger partial charge is 0.330 e. The molecule has 4 rings (SSSR count). The van der Waals surface area contributed by atoms with Crippen molar-refractivity contribution in [1.82, 2.24) is 24.5 Å². The third kappa shape index (κ3) is 3.52. The zero-order valence-corrected chi connectivity index (χ0v) is 15.2. The van der Waals surface area contributed by atoms with Crippen molar-refractivity contribution in [3.8, 4) is 0 Å². The molecule has 3 heterocycles. The molecule has 140 valence electrons. The molecule has 8 heteroatoms. The summed E-state index contributed by atoms with van der Waals surface area (Å²) in [5.74, 6) is 0.319. The number of nitrogens with zero attached hydrogens (tertiary/aromatic N) is 4. The largest absolute Gasteiger partial charge is 0.348 e. The molecule has 1 atom stereocenters. The van der Waals surface area contributed by atoms with Crippen LogP contribution in [0.5, 0.6) is 0 Å². The second kappa shape index (κ2) is 7.43. The SMILES string of the molecule is C[C@H](Nc1ncc2c(=O)n(Cc3ccccc3)c(=O)[nH]c2n1)c1cccnc1. The van der Waals surface area contributed by atoms with E-state index in [2.05, 4.69) is 25.3 Å². The van der Waals surface area contributed by atoms with Gasteiger partial charge in [-0.1, -0.05) is 36.4 Å². The summed E-state index contributed by atoms with van der Waals surface area (Å²) in [5, 5.41) is 3.41. The quantitative estimate of drug-likeness (QED) is 0.554. The lowest BCUT2D eigenvalue weighted by molar-refractivity contribution is 0.709. The van der Waals surface area contributed by atoms with E-state index in [1.165, 1.54) is 6.20 Å². The Morgan fingerprint density at radius 1 is 1.11 bits per heavy atom. The Bertz CT molecular complexity index is 1220. The molecule has 8 nitrogen and oxygen atoms in total. The molecule has 0 aliphatic carbocycles. The first kappa shape index (κ1) is 17.6. The molecule has 0 spiro atoms. The van der Waals surface area contributed by atoms with Gasteiger partial charge in [-0.25, -0.2) is 9.78 Å². The number of hydrogen-bond donors (Lipinski definition) is 2. The van der Waals surface area contributed by atoms with Gasteiger partial charge in [-0.05, 0) is 24.1 Å². The Kier molecular flexibility index (Phi) is 4.67. The van der Waals surface area contributed by atoms with E-state index in [0.29, 0.717) is 5.95 Å². The molecule has 4 aromatic rings. The number of aromatic nitrogens is 5. The molecular formula is C20H18N6O2. The lowest BCUT2D eigenvalue weighted by atomic mass is 10.1. The number of H-pyrrole nitrogens is 1. The highest BCUT2D eigenvalue weighted by Crippen LogP contribution is 2.16. The Hall–Kier alpha value is -3.81. The molecule has 0 saturated carbocycles. The van der Waals surface area contributed by atoms with Crippen molar-refractivity contribution in [2.24, 2.45) is 0 Å². The van der Waals surface area contributed by atoms with Crippen molar-refractivity contribution in [3.63, 3.8) is 0 Å². The topological polar surface area (TPSA) is 106 Å². The second-order valence-corrected chi connectivity index (χ2v) is 6.42. The standard InChI is InChI=1S/C20H18N6O2/c1-13(15-8-5-9-21-10-15)23-19-22-11-16-17(24-19)25-20(28)26(18(16)27)12-14-6-3-2-4-7-14/h2-11,13H,12H2,1H3,(H2,22,23,24,25,28)/t13-/m0/s1. The van der Waals surface area contributed by atoms with Crippen LogP contribution in [0.3, 0.4) is 0 Å². The minimum Gasteiger partial charge on any atom is -0.348 e. The zero-order valence-electron chi connectivity index (χ0n) is 15.2. The highest BCUT2D eigenvalue weighted by Gasteiger charge is 2.12. The highest BCUT2D eigenvalue weighted by atomic mass is 16.2. The summed E-state index contributed by atoms with van der Waals surface area (Å²) in [6.45, 7) is 2.13. The van der Waals surface area contributed by atoms with Crippen molar-refractivity contribution in [1.29, 1.82) is 0 Å². The molecule has 0 radical (unpaired) electrons. The van der Waals surface area contributed by atoms with Gasteiger partial charge < -0.3 is 5.32 Å². The summed E-state index contributed by atoms with van der Waals surface area (Å²) in [5.41, 5.74) is 1.10. The molecule has 0 fully saturated rings. The molecule has 0 unspecified atom stereocenters. The fourth-order valence-corrected chi connectivity index (χ4v) is 2.93. The van der Waals surface area contributed by atoms with Gasteiger partial charge in [0.2, 0.25) is 5.95 Å². The van der Waals surface area contributed by atoms with Gasteiger partial charge in [-0.15, -0.1) is 0 Å². The van der Waals surface area contributed by atoms with Crippen LogP contribution in [0.15, 0.2) is 70.6 Å². The van der Waals surface area contributed by atoms with E-state index in [1.807, 2.05) is 49.4 Å². The first-order chi connectivity index (χ1) is 13.6. The maximum absolute atomic E-state index is 12.7. The van der Waals surface area contributed by atoms with Crippen molar-refractivity contribution in [3.05, 3.63) is 93.0 Å². The zero-order chi connectivity index (χ0) is 19.5. The Labute approximate surface area is 160 Å². The van der Waals surface area contributed by atoms with Gasteiger partial charge >= 0.3 is 5.69 Å². The minimum absolute atomic E-state index is 0.0867. The monoisotopic (exact) mass is 374 g/mol. The first-order valence-corrected chi connectivity index (χ1v) is 8.82. The summed E-state index contributed by atoms with van der Waals surface area (Å²) >= 11 is 0. The molecule has 0 aliphatic heterocycles. The van der Waals surface area contributed by atoms with Crippen LogP contribution in [0.4, 0.5) is 5.95 Å². The number of anilines is 1. The van der Waals surface area contributed by atoms with Gasteiger partial charge in [-0.2, -0.15) is 4.98 Å². The molecule has 0 aliphatic rings. The van der Waals surface area contributed by atoms with Crippen LogP contribution in [0.25, 0.3) is 11.0 Å². The first-order valence-electron chi connectivity index (χ1n) is 8.82. The normalized spacial score (nSPS) is 12.0. The Balaban J connectivity index is 1.67. The van der Waals surface area contributed by atoms with Gasteiger partial charge in [0, 0.05) is 18.6 Å². The fraction of sp³-hybridized carbons (Fsp3) is 0.150. The molecule has 0 saturated heterocycles. The van der Waals surface area contributed by atoms with Gasteiger partial charge in [0.15, 0.2) is 5.65 Å². The summed E-state index contributed by atoms with van der Waals surface area (Å²) in [4.78, 5) is 40.5. The minimum atomic E-state index is -0.508. The Morgan fingerprint density at radius 2 is 1.93 bits per heavy atom. The number of benzene rings is 1. The fourth-order valence-electron chi connectivity index (χ4n) is 2.93. The van der Waals surface area contributed by atoms with Gasteiger partial charge in [0.05, 0.1) is 12.6 Å². The molecule has 3 aromatic heterocycles. The van der Waals surface area contributed by atoms with E-state index < -0.39 is 11.2 Å². The van der Waals surface area contributed by atoms with Crippen LogP contribution < -0.4 is 16.6 Å². The van der Waals surface area contributed by atoms with Gasteiger partial charge in [0.25, 0.3) is 5.56 Å². The predicted molar refractivity (Wildman–Crippen MR) is 106 cm³/mol. The van der Waals surface area contributed by atoms with Crippen molar-refractivity contribution in [2.75, 3.05) is 5.32 Å². The van der Waals surface area contributed by atoms with Crippen LogP contribution in [0.1, 0.15) is 24.1 Å². The summed E-state index contributed by atoms with van der Waals surface area (Å²) in [7, 11) is 0. The molecule has 28 heavy (non-hydrogen) atoms. The molecule has 0 bridgehead atoms. The van der Waals surface area contributed by atoms with Gasteiger partial charge in [-0.3, -0.25) is 19.3 Å². The number of fused-ring (bicyclic) bond motifs is 1. The summed E-state index contributed by atoms with van der Waals surface area (Å²) < 4.78 is 1.15. The van der Waals surface area contributed by atoms with Crippen LogP contribution >= 0.6 is 0 Å². The van der Waals surface area contributed by atoms with E-state index in [0.717, 1.165) is 15.7 Å². The van der Waals surface area contributed by atoms with E-state index in [4.69, 9.17) is 0 Å². The van der Waals surface area contributed by atoms with Crippen molar-refractivity contribution >= 4 is 17.0 Å². The average Bonchev–Trinajstić information content (AvgIpc) is 2.72. The number of nitrogens with one attached hydrogen (secondary N) is 2. The molecule has 2 N–H and O–H groups in total. The van der Waals surface area contributed by atoms with E-state index in [-0.39, 0.29) is 23.6 Å². The second-order valence-electron chi connectivity index (χ2n) is 6.42. The van der Waals surface area contributed by atoms with E-state index >= 15 is 0 Å². The van der Waals surface area contributed by atoms with Gasteiger partial charge in [0.1, 0.15) is 5.39 Å². The van der Waals surface area contributed by atoms with Crippen LogP contribution in [-0.2, 0) is 6.54 Å². The third-order valence-corrected chi connectivity index (χ3v) is 4.45. The third-order valence-electron chi connectivity index (χ3n) is 4.45. The molecule has 1 aromatic carbocycles. The van der Waals surface area contributed by atoms with Crippen LogP contribution in [0, 0.1) is 0 Å². The molecule has 0 amide bonds. The van der Waals surface area contributed by atoms with E-state index in [1.54, 1.807) is 12.4 Å². The molecular weight excluding hydrogens is 356 g/mol. The summed E-state index contributed by atoms with van der Waals surface area (Å²) in [6, 6.07) is 13.0. The number of pyridine rings is 1. The number of rotatable bonds is 5. The lowest BCUT2D eigenvalue weighted by Gasteiger charge is -2.14. The average molecular weight is 374 g/mol. The number of aromatic amines is 1. The van der Waals surface area contributed by atoms with E-state index in [9.17, 15) is 9.59 Å². The maximum Gasteiger partial charge on any atom is 0.330 e. The van der Waals surface area contributed by atoms with Crippen molar-refractivity contribution in [2.45, 2.75) is 19.5 Å². The van der Waals surface area contributed by atoms with Crippen LogP contribution in [0.2, 0.25) is 0 Å².